The zero-order valence-electron chi connectivity index (χ0n) is 16.1. The maximum Gasteiger partial charge on any atom is 0.410 e. The number of nitriles is 1. The largest absolute Gasteiger partial charge is 0.447 e. The molecule has 1 saturated carbocycles. The summed E-state index contributed by atoms with van der Waals surface area (Å²) >= 11 is 6.07. The minimum atomic E-state index is -3.90. The van der Waals surface area contributed by atoms with Crippen molar-refractivity contribution in [1.29, 1.82) is 5.26 Å². The molecule has 1 aromatic rings. The van der Waals surface area contributed by atoms with Crippen LogP contribution in [0.2, 0.25) is 5.02 Å². The average molecular weight is 440 g/mol. The van der Waals surface area contributed by atoms with Crippen molar-refractivity contribution in [2.45, 2.75) is 61.4 Å². The third kappa shape index (κ3) is 4.33. The molecular formula is C19H22ClN3O5S. The van der Waals surface area contributed by atoms with Crippen LogP contribution in [0.15, 0.2) is 29.2 Å². The lowest BCUT2D eigenvalue weighted by atomic mass is 10.2. The predicted molar refractivity (Wildman–Crippen MR) is 105 cm³/mol. The molecule has 1 heterocycles. The second-order valence-corrected chi connectivity index (χ2v) is 10.1. The Morgan fingerprint density at radius 2 is 1.97 bits per heavy atom. The van der Waals surface area contributed by atoms with Crippen molar-refractivity contribution in [2.24, 2.45) is 0 Å². The summed E-state index contributed by atoms with van der Waals surface area (Å²) in [6.07, 6.45) is 1.96. The summed E-state index contributed by atoms with van der Waals surface area (Å²) in [5, 5.41) is 8.41. The van der Waals surface area contributed by atoms with E-state index in [0.29, 0.717) is 12.8 Å². The number of halogens is 1. The highest BCUT2D eigenvalue weighted by Crippen LogP contribution is 2.34. The Balaban J connectivity index is 1.92. The molecule has 0 N–H and O–H groups in total. The van der Waals surface area contributed by atoms with E-state index in [0.717, 1.165) is 9.80 Å². The van der Waals surface area contributed by atoms with E-state index in [2.05, 4.69) is 0 Å². The van der Waals surface area contributed by atoms with Crippen molar-refractivity contribution in [3.8, 4) is 6.19 Å². The zero-order valence-corrected chi connectivity index (χ0v) is 17.7. The number of carbonyl (C=O) groups is 2. The number of amides is 2. The second-order valence-electron chi connectivity index (χ2n) is 7.47. The molecule has 2 aliphatic rings. The topological polar surface area (TPSA) is 108 Å². The Bertz CT molecular complexity index is 955. The van der Waals surface area contributed by atoms with Gasteiger partial charge in [0.2, 0.25) is 0 Å². The van der Waals surface area contributed by atoms with E-state index in [1.54, 1.807) is 26.0 Å². The number of benzene rings is 1. The van der Waals surface area contributed by atoms with Crippen LogP contribution in [0.5, 0.6) is 0 Å². The third-order valence-corrected chi connectivity index (χ3v) is 7.59. The van der Waals surface area contributed by atoms with Gasteiger partial charge in [0.05, 0.1) is 21.3 Å². The molecule has 8 nitrogen and oxygen atoms in total. The molecule has 1 aliphatic heterocycles. The van der Waals surface area contributed by atoms with Crippen LogP contribution < -0.4 is 0 Å². The van der Waals surface area contributed by atoms with Crippen LogP contribution in [0.3, 0.4) is 0 Å². The van der Waals surface area contributed by atoms with E-state index in [1.807, 2.05) is 6.19 Å². The Morgan fingerprint density at radius 3 is 2.52 bits per heavy atom. The van der Waals surface area contributed by atoms with E-state index < -0.39 is 39.2 Å². The number of nitrogens with zero attached hydrogens (tertiary/aromatic N) is 3. The van der Waals surface area contributed by atoms with E-state index >= 15 is 0 Å². The molecule has 156 valence electrons. The molecule has 1 aliphatic carbocycles. The zero-order chi connectivity index (χ0) is 21.3. The molecule has 10 heteroatoms. The number of carbonyl (C=O) groups excluding carboxylic acids is 2. The number of sulfone groups is 1. The number of rotatable bonds is 5. The van der Waals surface area contributed by atoms with Crippen molar-refractivity contribution in [3.63, 3.8) is 0 Å². The Hall–Kier alpha value is -2.31. The average Bonchev–Trinajstić information content (AvgIpc) is 3.37. The molecule has 0 spiro atoms. The van der Waals surface area contributed by atoms with Crippen molar-refractivity contribution < 1.29 is 22.7 Å². The first-order valence-corrected chi connectivity index (χ1v) is 11.3. The van der Waals surface area contributed by atoms with Gasteiger partial charge in [0.15, 0.2) is 16.0 Å². The highest BCUT2D eigenvalue weighted by molar-refractivity contribution is 7.92. The fraction of sp³-hybridized carbons (Fsp3) is 0.526. The molecule has 0 bridgehead atoms. The minimum absolute atomic E-state index is 0.0451. The highest BCUT2D eigenvalue weighted by atomic mass is 35.5. The van der Waals surface area contributed by atoms with E-state index in [1.165, 1.54) is 12.1 Å². The summed E-state index contributed by atoms with van der Waals surface area (Å²) in [5.74, 6) is -0.576. The van der Waals surface area contributed by atoms with Crippen molar-refractivity contribution in [2.75, 3.05) is 6.54 Å². The van der Waals surface area contributed by atoms with Gasteiger partial charge in [-0.3, -0.25) is 9.69 Å². The number of ether oxygens (including phenoxy) is 1. The molecule has 0 aromatic heterocycles. The Kier molecular flexibility index (Phi) is 6.05. The number of hydrogen-bond donors (Lipinski definition) is 0. The summed E-state index contributed by atoms with van der Waals surface area (Å²) in [6, 6.07) is 4.79. The van der Waals surface area contributed by atoms with Gasteiger partial charge in [0.25, 0.3) is 5.91 Å². The first-order chi connectivity index (χ1) is 13.7. The van der Waals surface area contributed by atoms with Crippen molar-refractivity contribution in [1.82, 2.24) is 9.80 Å². The summed E-state index contributed by atoms with van der Waals surface area (Å²) in [6.45, 7) is 3.11. The van der Waals surface area contributed by atoms with Gasteiger partial charge in [-0.2, -0.15) is 5.26 Å². The highest BCUT2D eigenvalue weighted by Gasteiger charge is 2.49. The van der Waals surface area contributed by atoms with Gasteiger partial charge in [0, 0.05) is 12.6 Å². The maximum absolute atomic E-state index is 13.1. The molecule has 1 aromatic carbocycles. The summed E-state index contributed by atoms with van der Waals surface area (Å²) < 4.78 is 31.5. The van der Waals surface area contributed by atoms with Crippen LogP contribution >= 0.6 is 11.6 Å². The van der Waals surface area contributed by atoms with Gasteiger partial charge in [-0.15, -0.1) is 0 Å². The van der Waals surface area contributed by atoms with E-state index in [9.17, 15) is 23.3 Å². The van der Waals surface area contributed by atoms with Crippen molar-refractivity contribution >= 4 is 33.4 Å². The fourth-order valence-electron chi connectivity index (χ4n) is 3.39. The van der Waals surface area contributed by atoms with Gasteiger partial charge in [-0.1, -0.05) is 23.7 Å². The molecule has 0 unspecified atom stereocenters. The summed E-state index contributed by atoms with van der Waals surface area (Å²) in [7, 11) is -3.90. The van der Waals surface area contributed by atoms with Gasteiger partial charge in [0.1, 0.15) is 6.04 Å². The van der Waals surface area contributed by atoms with Gasteiger partial charge < -0.3 is 4.74 Å². The minimum Gasteiger partial charge on any atom is -0.447 e. The number of hydrogen-bond acceptors (Lipinski definition) is 6. The van der Waals surface area contributed by atoms with Gasteiger partial charge >= 0.3 is 6.09 Å². The van der Waals surface area contributed by atoms with Crippen LogP contribution in [-0.2, 0) is 19.4 Å². The lowest BCUT2D eigenvalue weighted by Crippen LogP contribution is -2.47. The first-order valence-electron chi connectivity index (χ1n) is 9.35. The quantitative estimate of drug-likeness (QED) is 0.515. The van der Waals surface area contributed by atoms with E-state index in [-0.39, 0.29) is 28.9 Å². The molecule has 1 saturated heterocycles. The smallest absolute Gasteiger partial charge is 0.410 e. The molecule has 2 fully saturated rings. The van der Waals surface area contributed by atoms with Gasteiger partial charge in [-0.25, -0.2) is 18.1 Å². The van der Waals surface area contributed by atoms with Crippen LogP contribution in [-0.4, -0.2) is 60.2 Å². The van der Waals surface area contributed by atoms with Crippen LogP contribution in [0.25, 0.3) is 0 Å². The lowest BCUT2D eigenvalue weighted by molar-refractivity contribution is -0.133. The molecule has 2 atom stereocenters. The predicted octanol–water partition coefficient (Wildman–Crippen LogP) is 2.57. The van der Waals surface area contributed by atoms with Crippen LogP contribution in [0.4, 0.5) is 4.79 Å². The molecule has 3 rings (SSSR count). The maximum atomic E-state index is 13.1. The second kappa shape index (κ2) is 8.20. The SMILES string of the molecule is CC(C)OC(=O)N1C[C@H](S(=O)(=O)c2ccccc2Cl)C[C@H]1C(=O)N(C#N)C1CC1. The first kappa shape index (κ1) is 21.4. The van der Waals surface area contributed by atoms with Gasteiger partial charge in [-0.05, 0) is 45.2 Å². The monoisotopic (exact) mass is 439 g/mol. The molecule has 29 heavy (non-hydrogen) atoms. The Morgan fingerprint density at radius 1 is 1.31 bits per heavy atom. The Labute approximate surface area is 174 Å². The standard InChI is InChI=1S/C19H22ClN3O5S/c1-12(2)28-19(25)22-10-14(29(26,27)17-6-4-3-5-15(17)20)9-16(22)18(24)23(11-21)13-7-8-13/h3-6,12-14,16H,7-10H2,1-2H3/t14-,16+/m1/s1. The molecular weight excluding hydrogens is 418 g/mol. The summed E-state index contributed by atoms with van der Waals surface area (Å²) in [5.41, 5.74) is 0. The van der Waals surface area contributed by atoms with Crippen LogP contribution in [0.1, 0.15) is 33.1 Å². The molecule has 0 radical (unpaired) electrons. The molecule has 2 amide bonds. The van der Waals surface area contributed by atoms with Crippen molar-refractivity contribution in [3.05, 3.63) is 29.3 Å². The normalized spacial score (nSPS) is 21.7. The third-order valence-electron chi connectivity index (χ3n) is 4.96. The number of likely N-dealkylation sites (tertiary alicyclic amines) is 1. The van der Waals surface area contributed by atoms with Crippen LogP contribution in [0, 0.1) is 11.5 Å². The summed E-state index contributed by atoms with van der Waals surface area (Å²) in [4.78, 5) is 27.7. The lowest BCUT2D eigenvalue weighted by Gasteiger charge is -2.26. The van der Waals surface area contributed by atoms with E-state index in [4.69, 9.17) is 16.3 Å². The fourth-order valence-corrected chi connectivity index (χ4v) is 5.60.